The van der Waals surface area contributed by atoms with Crippen molar-refractivity contribution < 1.29 is 23.8 Å². The third kappa shape index (κ3) is 1.78. The van der Waals surface area contributed by atoms with Crippen molar-refractivity contribution in [3.63, 3.8) is 0 Å². The summed E-state index contributed by atoms with van der Waals surface area (Å²) in [6.07, 6.45) is 0. The molecule has 0 aromatic heterocycles. The second kappa shape index (κ2) is 4.13. The molecule has 1 aromatic rings. The molecule has 1 aliphatic heterocycles. The maximum Gasteiger partial charge on any atom is 0.344 e. The van der Waals surface area contributed by atoms with E-state index >= 15 is 0 Å². The standard InChI is InChI=1S/C12H14FNO4/c1-6(2)12(16)14-8-5-4-7(13)9(10(8)18-12)11(15)17-3/h4-6,14,16H,1-3H3. The summed E-state index contributed by atoms with van der Waals surface area (Å²) in [5.41, 5.74) is 0.0343. The number of hydrogen-bond acceptors (Lipinski definition) is 5. The summed E-state index contributed by atoms with van der Waals surface area (Å²) < 4.78 is 23.4. The number of aliphatic hydroxyl groups is 1. The molecule has 18 heavy (non-hydrogen) atoms. The Bertz CT molecular complexity index is 503. The van der Waals surface area contributed by atoms with Gasteiger partial charge >= 0.3 is 5.97 Å². The molecule has 0 amide bonds. The minimum absolute atomic E-state index is 0.0296. The molecule has 0 fully saturated rings. The topological polar surface area (TPSA) is 67.8 Å². The summed E-state index contributed by atoms with van der Waals surface area (Å²) in [6.45, 7) is 3.46. The number of esters is 1. The van der Waals surface area contributed by atoms with Crippen LogP contribution in [0.5, 0.6) is 5.75 Å². The highest BCUT2D eigenvalue weighted by atomic mass is 19.1. The van der Waals surface area contributed by atoms with Gasteiger partial charge in [-0.05, 0) is 12.1 Å². The van der Waals surface area contributed by atoms with Crippen LogP contribution in [0.25, 0.3) is 0 Å². The van der Waals surface area contributed by atoms with Gasteiger partial charge in [0.15, 0.2) is 5.75 Å². The Kier molecular flexibility index (Phi) is 2.90. The molecule has 1 aliphatic rings. The van der Waals surface area contributed by atoms with E-state index in [1.54, 1.807) is 13.8 Å². The largest absolute Gasteiger partial charge is 0.465 e. The van der Waals surface area contributed by atoms with E-state index in [9.17, 15) is 14.3 Å². The molecule has 0 radical (unpaired) electrons. The lowest BCUT2D eigenvalue weighted by Crippen LogP contribution is -2.45. The highest BCUT2D eigenvalue weighted by molar-refractivity contribution is 5.95. The number of anilines is 1. The Hall–Kier alpha value is -1.82. The van der Waals surface area contributed by atoms with Crippen molar-refractivity contribution in [3.8, 4) is 5.75 Å². The van der Waals surface area contributed by atoms with Crippen molar-refractivity contribution in [1.29, 1.82) is 0 Å². The van der Waals surface area contributed by atoms with Crippen LogP contribution in [0.4, 0.5) is 10.1 Å². The fourth-order valence-electron chi connectivity index (χ4n) is 1.69. The monoisotopic (exact) mass is 255 g/mol. The number of benzene rings is 1. The minimum Gasteiger partial charge on any atom is -0.465 e. The van der Waals surface area contributed by atoms with Crippen LogP contribution >= 0.6 is 0 Å². The fraction of sp³-hybridized carbons (Fsp3) is 0.417. The molecule has 5 nitrogen and oxygen atoms in total. The molecule has 2 rings (SSSR count). The molecule has 2 N–H and O–H groups in total. The molecule has 0 bridgehead atoms. The summed E-state index contributed by atoms with van der Waals surface area (Å²) in [5.74, 6) is -3.58. The van der Waals surface area contributed by atoms with E-state index < -0.39 is 17.7 Å². The molecule has 0 aliphatic carbocycles. The first-order valence-corrected chi connectivity index (χ1v) is 5.49. The zero-order valence-corrected chi connectivity index (χ0v) is 10.3. The van der Waals surface area contributed by atoms with Gasteiger partial charge in [-0.15, -0.1) is 0 Å². The third-order valence-corrected chi connectivity index (χ3v) is 2.85. The molecule has 0 spiro atoms. The van der Waals surface area contributed by atoms with Gasteiger partial charge in [-0.25, -0.2) is 9.18 Å². The van der Waals surface area contributed by atoms with Gasteiger partial charge in [0.05, 0.1) is 12.8 Å². The molecule has 1 heterocycles. The summed E-state index contributed by atoms with van der Waals surface area (Å²) >= 11 is 0. The van der Waals surface area contributed by atoms with E-state index in [1.165, 1.54) is 6.07 Å². The lowest BCUT2D eigenvalue weighted by atomic mass is 10.1. The number of hydrogen-bond donors (Lipinski definition) is 2. The Morgan fingerprint density at radius 3 is 2.78 bits per heavy atom. The number of ether oxygens (including phenoxy) is 2. The first kappa shape index (κ1) is 12.6. The molecule has 98 valence electrons. The smallest absolute Gasteiger partial charge is 0.344 e. The van der Waals surface area contributed by atoms with E-state index in [-0.39, 0.29) is 17.2 Å². The Labute approximate surface area is 104 Å². The van der Waals surface area contributed by atoms with Crippen LogP contribution in [0.15, 0.2) is 12.1 Å². The Morgan fingerprint density at radius 1 is 1.56 bits per heavy atom. The van der Waals surface area contributed by atoms with Crippen molar-refractivity contribution in [3.05, 3.63) is 23.5 Å². The average molecular weight is 255 g/mol. The predicted molar refractivity (Wildman–Crippen MR) is 61.8 cm³/mol. The number of nitrogens with one attached hydrogen (secondary N) is 1. The van der Waals surface area contributed by atoms with Gasteiger partial charge in [-0.3, -0.25) is 0 Å². The van der Waals surface area contributed by atoms with Crippen LogP contribution in [0, 0.1) is 11.7 Å². The number of rotatable bonds is 2. The van der Waals surface area contributed by atoms with Crippen LogP contribution in [0.3, 0.4) is 0 Å². The molecule has 1 atom stereocenters. The van der Waals surface area contributed by atoms with Gasteiger partial charge < -0.3 is 19.9 Å². The summed E-state index contributed by atoms with van der Waals surface area (Å²) in [6, 6.07) is 2.52. The predicted octanol–water partition coefficient (Wildman–Crippen LogP) is 1.72. The van der Waals surface area contributed by atoms with Crippen molar-refractivity contribution >= 4 is 11.7 Å². The van der Waals surface area contributed by atoms with Crippen molar-refractivity contribution in [2.45, 2.75) is 19.8 Å². The third-order valence-electron chi connectivity index (χ3n) is 2.85. The number of carbonyl (C=O) groups is 1. The van der Waals surface area contributed by atoms with Gasteiger partial charge in [0.2, 0.25) is 0 Å². The van der Waals surface area contributed by atoms with Crippen LogP contribution < -0.4 is 10.1 Å². The van der Waals surface area contributed by atoms with E-state index in [1.807, 2.05) is 0 Å². The van der Waals surface area contributed by atoms with Crippen molar-refractivity contribution in [2.75, 3.05) is 12.4 Å². The lowest BCUT2D eigenvalue weighted by molar-refractivity contribution is -0.135. The number of halogens is 1. The first-order chi connectivity index (χ1) is 8.39. The van der Waals surface area contributed by atoms with E-state index in [0.29, 0.717) is 5.69 Å². The number of carbonyl (C=O) groups excluding carboxylic acids is 1. The summed E-state index contributed by atoms with van der Waals surface area (Å²) in [4.78, 5) is 11.5. The van der Waals surface area contributed by atoms with Crippen molar-refractivity contribution in [2.24, 2.45) is 5.92 Å². The maximum absolute atomic E-state index is 13.6. The fourth-order valence-corrected chi connectivity index (χ4v) is 1.69. The lowest BCUT2D eigenvalue weighted by Gasteiger charge is -2.26. The van der Waals surface area contributed by atoms with Crippen molar-refractivity contribution in [1.82, 2.24) is 0 Å². The van der Waals surface area contributed by atoms with Gasteiger partial charge in [-0.1, -0.05) is 13.8 Å². The molecule has 0 saturated carbocycles. The molecule has 0 saturated heterocycles. The summed E-state index contributed by atoms with van der Waals surface area (Å²) in [7, 11) is 1.15. The molecular formula is C12H14FNO4. The van der Waals surface area contributed by atoms with E-state index in [4.69, 9.17) is 4.74 Å². The van der Waals surface area contributed by atoms with Crippen LogP contribution in [-0.4, -0.2) is 24.1 Å². The van der Waals surface area contributed by atoms with E-state index in [0.717, 1.165) is 13.2 Å². The normalized spacial score (nSPS) is 21.2. The Morgan fingerprint density at radius 2 is 2.22 bits per heavy atom. The maximum atomic E-state index is 13.6. The van der Waals surface area contributed by atoms with Crippen LogP contribution in [-0.2, 0) is 4.74 Å². The molecule has 1 aromatic carbocycles. The molecule has 6 heteroatoms. The highest BCUT2D eigenvalue weighted by Gasteiger charge is 2.42. The number of methoxy groups -OCH3 is 1. The minimum atomic E-state index is -1.65. The molecule has 1 unspecified atom stereocenters. The SMILES string of the molecule is COC(=O)c1c(F)ccc2c1OC(O)(C(C)C)N2. The highest BCUT2D eigenvalue weighted by Crippen LogP contribution is 2.42. The second-order valence-corrected chi connectivity index (χ2v) is 4.37. The van der Waals surface area contributed by atoms with Gasteiger partial charge in [0.25, 0.3) is 5.91 Å². The molecular weight excluding hydrogens is 241 g/mol. The van der Waals surface area contributed by atoms with Crippen LogP contribution in [0.1, 0.15) is 24.2 Å². The summed E-state index contributed by atoms with van der Waals surface area (Å²) in [5, 5.41) is 12.9. The first-order valence-electron chi connectivity index (χ1n) is 5.49. The zero-order valence-electron chi connectivity index (χ0n) is 10.3. The number of fused-ring (bicyclic) bond motifs is 1. The second-order valence-electron chi connectivity index (χ2n) is 4.37. The quantitative estimate of drug-likeness (QED) is 0.787. The van der Waals surface area contributed by atoms with Gasteiger partial charge in [-0.2, -0.15) is 0 Å². The van der Waals surface area contributed by atoms with Gasteiger partial charge in [0, 0.05) is 5.92 Å². The van der Waals surface area contributed by atoms with Crippen LogP contribution in [0.2, 0.25) is 0 Å². The Balaban J connectivity index is 2.51. The van der Waals surface area contributed by atoms with E-state index in [2.05, 4.69) is 10.1 Å². The average Bonchev–Trinajstić information content (AvgIpc) is 2.66. The van der Waals surface area contributed by atoms with Gasteiger partial charge in [0.1, 0.15) is 11.4 Å². The zero-order chi connectivity index (χ0) is 13.5.